The lowest BCUT2D eigenvalue weighted by atomic mass is 9.85. The molecule has 8 heteroatoms. The second-order valence-corrected chi connectivity index (χ2v) is 8.43. The molecule has 28 heavy (non-hydrogen) atoms. The van der Waals surface area contributed by atoms with Crippen LogP contribution in [0.2, 0.25) is 0 Å². The van der Waals surface area contributed by atoms with Gasteiger partial charge >= 0.3 is 6.18 Å². The molecular formula is C20H27F3N4O. The third-order valence-electron chi connectivity index (χ3n) is 6.53. The average molecular weight is 396 g/mol. The lowest BCUT2D eigenvalue weighted by molar-refractivity contribution is -0.182. The molecule has 3 fully saturated rings. The highest BCUT2D eigenvalue weighted by molar-refractivity contribution is 6.02. The third kappa shape index (κ3) is 3.73. The van der Waals surface area contributed by atoms with Crippen molar-refractivity contribution in [1.82, 2.24) is 5.32 Å². The van der Waals surface area contributed by atoms with Crippen LogP contribution in [0, 0.1) is 17.8 Å². The predicted octanol–water partition coefficient (Wildman–Crippen LogP) is 3.62. The molecule has 4 rings (SSSR count). The highest BCUT2D eigenvalue weighted by atomic mass is 19.4. The Labute approximate surface area is 162 Å². The number of nitrogens with one attached hydrogen (secondary N) is 2. The standard InChI is InChI=1S/C20H27F3N4O/c1-25-17-8-18(27-9-11-6-12(11)10-27)15(7-16(17)24)19(28)26-14-4-2-13(3-5-14)20(21,22)23/h7-8,11-14,25H,2-6,9-10,24H2,1H3,(H,26,28)/t11?,12?,13-,14-. The summed E-state index contributed by atoms with van der Waals surface area (Å²) < 4.78 is 38.6. The molecule has 0 aromatic heterocycles. The summed E-state index contributed by atoms with van der Waals surface area (Å²) in [6.07, 6.45) is -2.05. The van der Waals surface area contributed by atoms with Gasteiger partial charge in [-0.15, -0.1) is 0 Å². The van der Waals surface area contributed by atoms with Crippen molar-refractivity contribution in [3.63, 3.8) is 0 Å². The number of amides is 1. The zero-order valence-electron chi connectivity index (χ0n) is 16.0. The molecule has 2 unspecified atom stereocenters. The summed E-state index contributed by atoms with van der Waals surface area (Å²) in [5.74, 6) is -0.0771. The van der Waals surface area contributed by atoms with Crippen LogP contribution in [0.5, 0.6) is 0 Å². The number of piperidine rings is 1. The molecule has 1 aromatic rings. The molecule has 0 radical (unpaired) electrons. The molecule has 2 atom stereocenters. The summed E-state index contributed by atoms with van der Waals surface area (Å²) in [7, 11) is 1.79. The Morgan fingerprint density at radius 3 is 2.36 bits per heavy atom. The van der Waals surface area contributed by atoms with E-state index in [4.69, 9.17) is 5.73 Å². The van der Waals surface area contributed by atoms with E-state index in [1.807, 2.05) is 6.07 Å². The van der Waals surface area contributed by atoms with E-state index in [1.165, 1.54) is 6.42 Å². The number of fused-ring (bicyclic) bond motifs is 1. The van der Waals surface area contributed by atoms with Crippen LogP contribution >= 0.6 is 0 Å². The topological polar surface area (TPSA) is 70.4 Å². The van der Waals surface area contributed by atoms with Crippen LogP contribution < -0.4 is 21.3 Å². The minimum absolute atomic E-state index is 0.0671. The first-order valence-corrected chi connectivity index (χ1v) is 10.00. The molecule has 0 spiro atoms. The number of anilines is 3. The van der Waals surface area contributed by atoms with Gasteiger partial charge in [-0.1, -0.05) is 0 Å². The number of nitrogen functional groups attached to an aromatic ring is 1. The van der Waals surface area contributed by atoms with Crippen molar-refractivity contribution in [1.29, 1.82) is 0 Å². The van der Waals surface area contributed by atoms with Gasteiger partial charge in [-0.25, -0.2) is 0 Å². The molecule has 154 valence electrons. The number of halogens is 3. The van der Waals surface area contributed by atoms with Crippen LogP contribution in [0.1, 0.15) is 42.5 Å². The van der Waals surface area contributed by atoms with E-state index in [9.17, 15) is 18.0 Å². The van der Waals surface area contributed by atoms with Crippen molar-refractivity contribution in [2.24, 2.45) is 17.8 Å². The van der Waals surface area contributed by atoms with E-state index >= 15 is 0 Å². The third-order valence-corrected chi connectivity index (χ3v) is 6.53. The molecular weight excluding hydrogens is 369 g/mol. The van der Waals surface area contributed by atoms with Crippen molar-refractivity contribution < 1.29 is 18.0 Å². The number of nitrogens with zero attached hydrogens (tertiary/aromatic N) is 1. The summed E-state index contributed by atoms with van der Waals surface area (Å²) in [6, 6.07) is 3.37. The maximum absolute atomic E-state index is 13.0. The van der Waals surface area contributed by atoms with Crippen LogP contribution in [0.25, 0.3) is 0 Å². The number of hydrogen-bond acceptors (Lipinski definition) is 4. The van der Waals surface area contributed by atoms with Crippen molar-refractivity contribution in [2.75, 3.05) is 36.1 Å². The Hall–Kier alpha value is -2.12. The molecule has 4 N–H and O–H groups in total. The Bertz CT molecular complexity index is 749. The summed E-state index contributed by atoms with van der Waals surface area (Å²) >= 11 is 0. The van der Waals surface area contributed by atoms with E-state index in [0.717, 1.165) is 24.5 Å². The Kier molecular flexibility index (Phi) is 4.83. The quantitative estimate of drug-likeness (QED) is 0.680. The molecule has 2 aliphatic carbocycles. The maximum atomic E-state index is 13.0. The van der Waals surface area contributed by atoms with Crippen LogP contribution in [-0.2, 0) is 0 Å². The Balaban J connectivity index is 1.48. The van der Waals surface area contributed by atoms with Gasteiger partial charge in [-0.2, -0.15) is 13.2 Å². The molecule has 1 saturated heterocycles. The van der Waals surface area contributed by atoms with Crippen LogP contribution in [-0.4, -0.2) is 38.3 Å². The number of hydrogen-bond donors (Lipinski definition) is 3. The summed E-state index contributed by atoms with van der Waals surface area (Å²) in [4.78, 5) is 15.2. The zero-order chi connectivity index (χ0) is 20.1. The molecule has 1 aromatic carbocycles. The van der Waals surface area contributed by atoms with Crippen molar-refractivity contribution >= 4 is 23.0 Å². The van der Waals surface area contributed by atoms with Gasteiger partial charge in [0.1, 0.15) is 0 Å². The smallest absolute Gasteiger partial charge is 0.391 e. The largest absolute Gasteiger partial charge is 0.397 e. The van der Waals surface area contributed by atoms with E-state index in [1.54, 1.807) is 13.1 Å². The fraction of sp³-hybridized carbons (Fsp3) is 0.650. The van der Waals surface area contributed by atoms with Gasteiger partial charge in [0.2, 0.25) is 0 Å². The number of carbonyl (C=O) groups is 1. The minimum Gasteiger partial charge on any atom is -0.397 e. The van der Waals surface area contributed by atoms with Gasteiger partial charge < -0.3 is 21.3 Å². The highest BCUT2D eigenvalue weighted by Crippen LogP contribution is 2.47. The SMILES string of the molecule is CNc1cc(N2CC3CC3C2)c(C(=O)N[C@H]2CC[C@H](C(F)(F)F)CC2)cc1N. The molecule has 5 nitrogen and oxygen atoms in total. The number of alkyl halides is 3. The molecule has 2 saturated carbocycles. The van der Waals surface area contributed by atoms with Crippen molar-refractivity contribution in [2.45, 2.75) is 44.3 Å². The van der Waals surface area contributed by atoms with Gasteiger partial charge in [0, 0.05) is 26.2 Å². The average Bonchev–Trinajstić information content (AvgIpc) is 3.26. The molecule has 1 heterocycles. The van der Waals surface area contributed by atoms with Gasteiger partial charge in [0.05, 0.1) is 28.5 Å². The van der Waals surface area contributed by atoms with E-state index in [2.05, 4.69) is 15.5 Å². The van der Waals surface area contributed by atoms with Gasteiger partial charge in [-0.05, 0) is 56.1 Å². The van der Waals surface area contributed by atoms with E-state index < -0.39 is 12.1 Å². The summed E-state index contributed by atoms with van der Waals surface area (Å²) in [6.45, 7) is 1.88. The van der Waals surface area contributed by atoms with Gasteiger partial charge in [0.15, 0.2) is 0 Å². The first-order valence-electron chi connectivity index (χ1n) is 10.00. The monoisotopic (exact) mass is 396 g/mol. The first-order chi connectivity index (χ1) is 13.3. The zero-order valence-corrected chi connectivity index (χ0v) is 16.0. The van der Waals surface area contributed by atoms with Crippen LogP contribution in [0.3, 0.4) is 0 Å². The van der Waals surface area contributed by atoms with Crippen molar-refractivity contribution in [3.05, 3.63) is 17.7 Å². The summed E-state index contributed by atoms with van der Waals surface area (Å²) in [5, 5.41) is 6.01. The second kappa shape index (κ2) is 7.04. The number of carbonyl (C=O) groups excluding carboxylic acids is 1. The molecule has 3 aliphatic rings. The van der Waals surface area contributed by atoms with E-state index in [-0.39, 0.29) is 24.8 Å². The maximum Gasteiger partial charge on any atom is 0.391 e. The van der Waals surface area contributed by atoms with Crippen molar-refractivity contribution in [3.8, 4) is 0 Å². The fourth-order valence-corrected chi connectivity index (χ4v) is 4.69. The molecule has 1 aliphatic heterocycles. The normalized spacial score (nSPS) is 29.4. The molecule has 0 bridgehead atoms. The Morgan fingerprint density at radius 2 is 1.79 bits per heavy atom. The lowest BCUT2D eigenvalue weighted by Gasteiger charge is -2.31. The second-order valence-electron chi connectivity index (χ2n) is 8.43. The first kappa shape index (κ1) is 19.2. The number of nitrogens with two attached hydrogens (primary N) is 1. The van der Waals surface area contributed by atoms with Crippen LogP contribution in [0.4, 0.5) is 30.2 Å². The Morgan fingerprint density at radius 1 is 1.14 bits per heavy atom. The number of rotatable bonds is 4. The lowest BCUT2D eigenvalue weighted by Crippen LogP contribution is -2.40. The minimum atomic E-state index is -4.14. The van der Waals surface area contributed by atoms with Gasteiger partial charge in [-0.3, -0.25) is 4.79 Å². The molecule has 1 amide bonds. The fourth-order valence-electron chi connectivity index (χ4n) is 4.69. The highest BCUT2D eigenvalue weighted by Gasteiger charge is 2.46. The van der Waals surface area contributed by atoms with Crippen LogP contribution in [0.15, 0.2) is 12.1 Å². The van der Waals surface area contributed by atoms with Gasteiger partial charge in [0.25, 0.3) is 5.91 Å². The van der Waals surface area contributed by atoms with E-state index in [0.29, 0.717) is 35.9 Å². The predicted molar refractivity (Wildman–Crippen MR) is 103 cm³/mol. The summed E-state index contributed by atoms with van der Waals surface area (Å²) in [5.41, 5.74) is 8.71. The number of benzene rings is 1.